The molecule has 0 spiro atoms. The van der Waals surface area contributed by atoms with Crippen LogP contribution in [0.1, 0.15) is 30.2 Å². The summed E-state index contributed by atoms with van der Waals surface area (Å²) in [6.07, 6.45) is 2.87. The van der Waals surface area contributed by atoms with Gasteiger partial charge in [0.2, 0.25) is 0 Å². The Morgan fingerprint density at radius 1 is 1.32 bits per heavy atom. The third-order valence-electron chi connectivity index (χ3n) is 4.16. The Balaban J connectivity index is 2.31. The molecule has 0 bridgehead atoms. The topological polar surface area (TPSA) is 62.7 Å². The van der Waals surface area contributed by atoms with E-state index in [9.17, 15) is 5.26 Å². The van der Waals surface area contributed by atoms with Crippen LogP contribution in [0.3, 0.4) is 0 Å². The lowest BCUT2D eigenvalue weighted by molar-refractivity contribution is 0.495. The summed E-state index contributed by atoms with van der Waals surface area (Å²) in [6.45, 7) is 2.21. The minimum atomic E-state index is 0.289. The summed E-state index contributed by atoms with van der Waals surface area (Å²) in [5, 5.41) is 10.5. The number of nitrogens with two attached hydrogens (primary N) is 1. The van der Waals surface area contributed by atoms with Crippen LogP contribution in [-0.2, 0) is 12.8 Å². The van der Waals surface area contributed by atoms with Crippen molar-refractivity contribution >= 4 is 29.0 Å². The van der Waals surface area contributed by atoms with Gasteiger partial charge in [-0.15, -0.1) is 0 Å². The second-order valence-electron chi connectivity index (χ2n) is 5.76. The predicted molar refractivity (Wildman–Crippen MR) is 90.0 cm³/mol. The monoisotopic (exact) mass is 331 g/mol. The van der Waals surface area contributed by atoms with E-state index >= 15 is 0 Å². The second kappa shape index (κ2) is 5.79. The van der Waals surface area contributed by atoms with Crippen molar-refractivity contribution < 1.29 is 0 Å². The number of rotatable bonds is 1. The third-order valence-corrected chi connectivity index (χ3v) is 4.90. The van der Waals surface area contributed by atoms with E-state index < -0.39 is 0 Å². The molecule has 2 N–H and O–H groups in total. The lowest BCUT2D eigenvalue weighted by atomic mass is 9.82. The average Bonchev–Trinajstić information content (AvgIpc) is 2.49. The highest BCUT2D eigenvalue weighted by atomic mass is 35.5. The van der Waals surface area contributed by atoms with Gasteiger partial charge in [0, 0.05) is 11.3 Å². The van der Waals surface area contributed by atoms with Gasteiger partial charge in [0.1, 0.15) is 17.5 Å². The van der Waals surface area contributed by atoms with Gasteiger partial charge in [0.25, 0.3) is 0 Å². The molecule has 1 aromatic carbocycles. The molecule has 1 heterocycles. The van der Waals surface area contributed by atoms with E-state index in [1.807, 2.05) is 6.07 Å². The van der Waals surface area contributed by atoms with Crippen molar-refractivity contribution in [2.75, 3.05) is 5.73 Å². The van der Waals surface area contributed by atoms with Crippen LogP contribution >= 0.6 is 23.2 Å². The largest absolute Gasteiger partial charge is 0.383 e. The summed E-state index contributed by atoms with van der Waals surface area (Å²) in [6, 6.07) is 7.61. The van der Waals surface area contributed by atoms with Gasteiger partial charge in [0.05, 0.1) is 10.0 Å². The molecule has 2 aromatic rings. The first-order chi connectivity index (χ1) is 10.5. The lowest BCUT2D eigenvalue weighted by Gasteiger charge is -2.25. The molecule has 0 fully saturated rings. The van der Waals surface area contributed by atoms with E-state index in [1.165, 1.54) is 0 Å². The van der Waals surface area contributed by atoms with Gasteiger partial charge < -0.3 is 5.73 Å². The normalized spacial score (nSPS) is 16.9. The molecular formula is C17H15Cl2N3. The highest BCUT2D eigenvalue weighted by Gasteiger charge is 2.24. The van der Waals surface area contributed by atoms with Crippen LogP contribution in [0.15, 0.2) is 18.2 Å². The summed E-state index contributed by atoms with van der Waals surface area (Å²) >= 11 is 12.2. The molecule has 22 heavy (non-hydrogen) atoms. The van der Waals surface area contributed by atoms with E-state index in [0.717, 1.165) is 41.6 Å². The molecule has 1 aliphatic rings. The fourth-order valence-electron chi connectivity index (χ4n) is 3.04. The number of nitrogens with zero attached hydrogens (tertiary/aromatic N) is 2. The molecular weight excluding hydrogens is 317 g/mol. The molecule has 0 amide bonds. The van der Waals surface area contributed by atoms with Crippen LogP contribution in [0.4, 0.5) is 5.82 Å². The van der Waals surface area contributed by atoms with Crippen molar-refractivity contribution in [1.29, 1.82) is 5.26 Å². The van der Waals surface area contributed by atoms with Crippen molar-refractivity contribution in [2.24, 2.45) is 5.92 Å². The minimum absolute atomic E-state index is 0.289. The maximum Gasteiger partial charge on any atom is 0.142 e. The van der Waals surface area contributed by atoms with Gasteiger partial charge >= 0.3 is 0 Å². The number of anilines is 1. The SMILES string of the molecule is CC1CCc2nc(N)c(C#N)c(-c3ccc(Cl)c(Cl)c3)c2C1. The lowest BCUT2D eigenvalue weighted by Crippen LogP contribution is -2.16. The van der Waals surface area contributed by atoms with Crippen LogP contribution in [0, 0.1) is 17.2 Å². The summed E-state index contributed by atoms with van der Waals surface area (Å²) < 4.78 is 0. The molecule has 0 saturated carbocycles. The Morgan fingerprint density at radius 3 is 2.77 bits per heavy atom. The number of aromatic nitrogens is 1. The Bertz CT molecular complexity index is 793. The Kier molecular flexibility index (Phi) is 3.99. The molecule has 0 saturated heterocycles. The highest BCUT2D eigenvalue weighted by Crippen LogP contribution is 2.38. The van der Waals surface area contributed by atoms with Crippen LogP contribution in [-0.4, -0.2) is 4.98 Å². The number of benzene rings is 1. The molecule has 1 atom stereocenters. The van der Waals surface area contributed by atoms with Crippen LogP contribution in [0.25, 0.3) is 11.1 Å². The predicted octanol–water partition coefficient (Wildman–Crippen LogP) is 4.63. The maximum atomic E-state index is 9.52. The molecule has 0 aliphatic heterocycles. The minimum Gasteiger partial charge on any atom is -0.383 e. The van der Waals surface area contributed by atoms with Gasteiger partial charge in [0.15, 0.2) is 0 Å². The van der Waals surface area contributed by atoms with Crippen molar-refractivity contribution in [3.8, 4) is 17.2 Å². The number of halogens is 2. The molecule has 5 heteroatoms. The Hall–Kier alpha value is -1.76. The van der Waals surface area contributed by atoms with Crippen LogP contribution in [0.2, 0.25) is 10.0 Å². The molecule has 0 radical (unpaired) electrons. The van der Waals surface area contributed by atoms with Crippen molar-refractivity contribution in [3.63, 3.8) is 0 Å². The fraction of sp³-hybridized carbons (Fsp3) is 0.294. The quantitative estimate of drug-likeness (QED) is 0.828. The Morgan fingerprint density at radius 2 is 2.09 bits per heavy atom. The highest BCUT2D eigenvalue weighted by molar-refractivity contribution is 6.42. The summed E-state index contributed by atoms with van der Waals surface area (Å²) in [5.74, 6) is 0.850. The molecule has 3 rings (SSSR count). The number of aryl methyl sites for hydroxylation is 1. The van der Waals surface area contributed by atoms with Gasteiger partial charge in [-0.2, -0.15) is 5.26 Å². The number of hydrogen-bond donors (Lipinski definition) is 1. The van der Waals surface area contributed by atoms with E-state index in [0.29, 0.717) is 21.5 Å². The van der Waals surface area contributed by atoms with Crippen molar-refractivity contribution in [3.05, 3.63) is 45.1 Å². The van der Waals surface area contributed by atoms with Gasteiger partial charge in [-0.3, -0.25) is 0 Å². The standard InChI is InChI=1S/C17H15Cl2N3/c1-9-2-5-15-11(6-9)16(12(8-20)17(21)22-15)10-3-4-13(18)14(19)7-10/h3-4,7,9H,2,5-6H2,1H3,(H2,21,22). The zero-order valence-corrected chi connectivity index (χ0v) is 13.7. The summed E-state index contributed by atoms with van der Waals surface area (Å²) in [5.41, 5.74) is 10.3. The average molecular weight is 332 g/mol. The van der Waals surface area contributed by atoms with E-state index in [4.69, 9.17) is 28.9 Å². The smallest absolute Gasteiger partial charge is 0.142 e. The number of hydrogen-bond acceptors (Lipinski definition) is 3. The zero-order valence-electron chi connectivity index (χ0n) is 12.2. The number of nitrogen functional groups attached to an aromatic ring is 1. The van der Waals surface area contributed by atoms with Gasteiger partial charge in [-0.25, -0.2) is 4.98 Å². The summed E-state index contributed by atoms with van der Waals surface area (Å²) in [4.78, 5) is 4.44. The van der Waals surface area contributed by atoms with Crippen molar-refractivity contribution in [1.82, 2.24) is 4.98 Å². The maximum absolute atomic E-state index is 9.52. The number of pyridine rings is 1. The van der Waals surface area contributed by atoms with E-state index in [1.54, 1.807) is 12.1 Å². The Labute approximate surface area is 139 Å². The van der Waals surface area contributed by atoms with E-state index in [2.05, 4.69) is 18.0 Å². The molecule has 1 aromatic heterocycles. The van der Waals surface area contributed by atoms with Crippen molar-refractivity contribution in [2.45, 2.75) is 26.2 Å². The molecule has 1 aliphatic carbocycles. The molecule has 1 unspecified atom stereocenters. The van der Waals surface area contributed by atoms with Gasteiger partial charge in [-0.05, 0) is 48.4 Å². The number of nitriles is 1. The first-order valence-electron chi connectivity index (χ1n) is 7.18. The summed E-state index contributed by atoms with van der Waals surface area (Å²) in [7, 11) is 0. The second-order valence-corrected chi connectivity index (χ2v) is 6.58. The molecule has 3 nitrogen and oxygen atoms in total. The fourth-order valence-corrected chi connectivity index (χ4v) is 3.33. The third kappa shape index (κ3) is 2.54. The first-order valence-corrected chi connectivity index (χ1v) is 7.93. The molecule has 112 valence electrons. The van der Waals surface area contributed by atoms with Crippen LogP contribution in [0.5, 0.6) is 0 Å². The number of fused-ring (bicyclic) bond motifs is 1. The van der Waals surface area contributed by atoms with Crippen LogP contribution < -0.4 is 5.73 Å². The zero-order chi connectivity index (χ0) is 15.9. The first kappa shape index (κ1) is 15.1. The van der Waals surface area contributed by atoms with E-state index in [-0.39, 0.29) is 5.82 Å². The van der Waals surface area contributed by atoms with Gasteiger partial charge in [-0.1, -0.05) is 36.2 Å².